The minimum absolute atomic E-state index is 0.190. The van der Waals surface area contributed by atoms with Crippen LogP contribution in [0.3, 0.4) is 0 Å². The monoisotopic (exact) mass is 416 g/mol. The Bertz CT molecular complexity index is 1040. The molecule has 1 unspecified atom stereocenters. The highest BCUT2D eigenvalue weighted by atomic mass is 35.5. The van der Waals surface area contributed by atoms with Crippen LogP contribution in [-0.2, 0) is 11.2 Å². The van der Waals surface area contributed by atoms with Gasteiger partial charge < -0.3 is 10.6 Å². The molecule has 0 radical (unpaired) electrons. The van der Waals surface area contributed by atoms with Crippen LogP contribution in [0, 0.1) is 11.8 Å². The Labute approximate surface area is 181 Å². The molecule has 0 aliphatic rings. The summed E-state index contributed by atoms with van der Waals surface area (Å²) in [5.74, 6) is 5.31. The molecule has 0 bridgehead atoms. The lowest BCUT2D eigenvalue weighted by Gasteiger charge is -2.18. The minimum Gasteiger partial charge on any atom is -0.343 e. The van der Waals surface area contributed by atoms with Crippen molar-refractivity contribution >= 4 is 23.4 Å². The molecule has 0 spiro atoms. The summed E-state index contributed by atoms with van der Waals surface area (Å²) in [5, 5.41) is 6.15. The van der Waals surface area contributed by atoms with Crippen LogP contribution in [-0.4, -0.2) is 24.4 Å². The largest absolute Gasteiger partial charge is 0.343 e. The van der Waals surface area contributed by atoms with E-state index in [4.69, 9.17) is 11.6 Å². The molecule has 4 nitrogen and oxygen atoms in total. The Balaban J connectivity index is 1.66. The fourth-order valence-corrected chi connectivity index (χ4v) is 2.95. The number of amides is 2. The maximum Gasteiger partial charge on any atom is 0.251 e. The van der Waals surface area contributed by atoms with Gasteiger partial charge in [0, 0.05) is 22.6 Å². The number of benzene rings is 3. The van der Waals surface area contributed by atoms with E-state index in [0.717, 1.165) is 11.1 Å². The van der Waals surface area contributed by atoms with E-state index < -0.39 is 6.04 Å². The van der Waals surface area contributed by atoms with Crippen molar-refractivity contribution in [3.05, 3.63) is 107 Å². The molecule has 0 saturated carbocycles. The summed E-state index contributed by atoms with van der Waals surface area (Å²) in [5.41, 5.74) is 2.27. The average molecular weight is 417 g/mol. The van der Waals surface area contributed by atoms with E-state index in [1.807, 2.05) is 60.7 Å². The van der Waals surface area contributed by atoms with Crippen LogP contribution >= 0.6 is 11.6 Å². The van der Waals surface area contributed by atoms with Crippen LogP contribution in [0.25, 0.3) is 0 Å². The summed E-state index contributed by atoms with van der Waals surface area (Å²) in [7, 11) is 0. The number of hydrogen-bond donors (Lipinski definition) is 2. The van der Waals surface area contributed by atoms with E-state index in [1.165, 1.54) is 0 Å². The smallest absolute Gasteiger partial charge is 0.251 e. The molecule has 3 rings (SSSR count). The number of rotatable bonds is 6. The number of halogens is 1. The predicted octanol–water partition coefficient (Wildman–Crippen LogP) is 3.85. The molecule has 3 aromatic rings. The van der Waals surface area contributed by atoms with Gasteiger partial charge in [-0.2, -0.15) is 0 Å². The van der Waals surface area contributed by atoms with Gasteiger partial charge in [-0.25, -0.2) is 0 Å². The molecule has 2 N–H and O–H groups in total. The minimum atomic E-state index is -0.728. The van der Waals surface area contributed by atoms with Gasteiger partial charge in [-0.3, -0.25) is 9.59 Å². The Hall–Kier alpha value is -3.55. The van der Waals surface area contributed by atoms with Crippen LogP contribution in [0.5, 0.6) is 0 Å². The molecule has 3 aromatic carbocycles. The van der Waals surface area contributed by atoms with Crippen LogP contribution in [0.2, 0.25) is 5.02 Å². The first-order chi connectivity index (χ1) is 14.6. The van der Waals surface area contributed by atoms with Crippen molar-refractivity contribution in [2.24, 2.45) is 0 Å². The van der Waals surface area contributed by atoms with Crippen molar-refractivity contribution in [2.75, 3.05) is 6.54 Å². The van der Waals surface area contributed by atoms with Gasteiger partial charge in [0.1, 0.15) is 6.04 Å². The lowest BCUT2D eigenvalue weighted by Crippen LogP contribution is -2.48. The van der Waals surface area contributed by atoms with Gasteiger partial charge >= 0.3 is 0 Å². The molecule has 150 valence electrons. The van der Waals surface area contributed by atoms with Crippen molar-refractivity contribution in [1.82, 2.24) is 10.6 Å². The second-order valence-corrected chi connectivity index (χ2v) is 7.04. The first kappa shape index (κ1) is 21.2. The Kier molecular flexibility index (Phi) is 7.65. The molecular weight excluding hydrogens is 396 g/mol. The van der Waals surface area contributed by atoms with Crippen LogP contribution < -0.4 is 10.6 Å². The fraction of sp³-hybridized carbons (Fsp3) is 0.120. The van der Waals surface area contributed by atoms with E-state index in [9.17, 15) is 9.59 Å². The molecule has 0 fully saturated rings. The lowest BCUT2D eigenvalue weighted by atomic mass is 10.0. The van der Waals surface area contributed by atoms with Crippen LogP contribution in [0.4, 0.5) is 0 Å². The summed E-state index contributed by atoms with van der Waals surface area (Å²) in [6.07, 6.45) is 0.373. The molecule has 1 atom stereocenters. The van der Waals surface area contributed by atoms with E-state index in [2.05, 4.69) is 22.5 Å². The van der Waals surface area contributed by atoms with Crippen molar-refractivity contribution < 1.29 is 9.59 Å². The van der Waals surface area contributed by atoms with Crippen molar-refractivity contribution in [1.29, 1.82) is 0 Å². The van der Waals surface area contributed by atoms with Crippen molar-refractivity contribution in [2.45, 2.75) is 12.5 Å². The SMILES string of the molecule is O=C(NC(Cc1ccccc1)C(=O)NCC#Cc1ccccc1)c1ccc(Cl)cc1. The molecule has 0 heterocycles. The molecule has 0 saturated heterocycles. The zero-order chi connectivity index (χ0) is 21.2. The zero-order valence-electron chi connectivity index (χ0n) is 16.3. The third kappa shape index (κ3) is 6.51. The Morgan fingerprint density at radius 1 is 0.867 bits per heavy atom. The second-order valence-electron chi connectivity index (χ2n) is 6.61. The standard InChI is InChI=1S/C25H21ClN2O2/c26-22-15-13-21(14-16-22)24(29)28-23(18-20-10-5-2-6-11-20)25(30)27-17-7-12-19-8-3-1-4-9-19/h1-6,8-11,13-16,23H,17-18H2,(H,27,30)(H,28,29). The van der Waals surface area contributed by atoms with E-state index in [0.29, 0.717) is 17.0 Å². The van der Waals surface area contributed by atoms with E-state index in [-0.39, 0.29) is 18.4 Å². The highest BCUT2D eigenvalue weighted by Gasteiger charge is 2.21. The third-order valence-corrected chi connectivity index (χ3v) is 4.62. The number of nitrogens with one attached hydrogen (secondary N) is 2. The topological polar surface area (TPSA) is 58.2 Å². The normalized spacial score (nSPS) is 11.0. The van der Waals surface area contributed by atoms with Gasteiger partial charge in [0.2, 0.25) is 5.91 Å². The van der Waals surface area contributed by atoms with E-state index >= 15 is 0 Å². The van der Waals surface area contributed by atoms with Gasteiger partial charge in [-0.05, 0) is 42.0 Å². The number of carbonyl (C=O) groups is 2. The molecule has 30 heavy (non-hydrogen) atoms. The second kappa shape index (κ2) is 10.8. The highest BCUT2D eigenvalue weighted by Crippen LogP contribution is 2.10. The summed E-state index contributed by atoms with van der Waals surface area (Å²) < 4.78 is 0. The highest BCUT2D eigenvalue weighted by molar-refractivity contribution is 6.30. The van der Waals surface area contributed by atoms with Gasteiger partial charge in [0.15, 0.2) is 0 Å². The van der Waals surface area contributed by atoms with Crippen molar-refractivity contribution in [3.8, 4) is 11.8 Å². The maximum atomic E-state index is 12.8. The lowest BCUT2D eigenvalue weighted by molar-refractivity contribution is -0.122. The molecule has 2 amide bonds. The van der Waals surface area contributed by atoms with Crippen LogP contribution in [0.15, 0.2) is 84.9 Å². The predicted molar refractivity (Wildman–Crippen MR) is 119 cm³/mol. The summed E-state index contributed by atoms with van der Waals surface area (Å²) in [4.78, 5) is 25.4. The van der Waals surface area contributed by atoms with Gasteiger partial charge in [-0.1, -0.05) is 72.0 Å². The molecule has 5 heteroatoms. The average Bonchev–Trinajstić information content (AvgIpc) is 2.78. The molecule has 0 aliphatic heterocycles. The van der Waals surface area contributed by atoms with Gasteiger partial charge in [0.05, 0.1) is 6.54 Å². The molecular formula is C25H21ClN2O2. The number of hydrogen-bond acceptors (Lipinski definition) is 2. The quantitative estimate of drug-likeness (QED) is 0.600. The Morgan fingerprint density at radius 3 is 2.17 bits per heavy atom. The van der Waals surface area contributed by atoms with Gasteiger partial charge in [0.25, 0.3) is 5.91 Å². The summed E-state index contributed by atoms with van der Waals surface area (Å²) in [6, 6.07) is 24.9. The molecule has 0 aromatic heterocycles. The summed E-state index contributed by atoms with van der Waals surface area (Å²) >= 11 is 5.89. The zero-order valence-corrected chi connectivity index (χ0v) is 17.0. The molecule has 0 aliphatic carbocycles. The fourth-order valence-electron chi connectivity index (χ4n) is 2.82. The number of carbonyl (C=O) groups excluding carboxylic acids is 2. The van der Waals surface area contributed by atoms with E-state index in [1.54, 1.807) is 24.3 Å². The van der Waals surface area contributed by atoms with Crippen LogP contribution in [0.1, 0.15) is 21.5 Å². The van der Waals surface area contributed by atoms with Gasteiger partial charge in [-0.15, -0.1) is 0 Å². The summed E-state index contributed by atoms with van der Waals surface area (Å²) in [6.45, 7) is 0.190. The maximum absolute atomic E-state index is 12.8. The first-order valence-electron chi connectivity index (χ1n) is 9.54. The Morgan fingerprint density at radius 2 is 1.50 bits per heavy atom. The van der Waals surface area contributed by atoms with Crippen molar-refractivity contribution in [3.63, 3.8) is 0 Å². The first-order valence-corrected chi connectivity index (χ1v) is 9.91. The third-order valence-electron chi connectivity index (χ3n) is 4.37.